The van der Waals surface area contributed by atoms with Crippen LogP contribution in [-0.4, -0.2) is 24.6 Å². The topological polar surface area (TPSA) is 90.9 Å². The van der Waals surface area contributed by atoms with E-state index < -0.39 is 11.7 Å². The highest BCUT2D eigenvalue weighted by molar-refractivity contribution is 5.75. The largest absolute Gasteiger partial charge is 0.416 e. The van der Waals surface area contributed by atoms with Crippen LogP contribution >= 0.6 is 0 Å². The molecule has 0 atom stereocenters. The number of alkyl halides is 3. The van der Waals surface area contributed by atoms with Gasteiger partial charge in [0.1, 0.15) is 0 Å². The first-order chi connectivity index (χ1) is 17.6. The highest BCUT2D eigenvalue weighted by Crippen LogP contribution is 2.29. The van der Waals surface area contributed by atoms with Crippen LogP contribution in [-0.2, 0) is 38.2 Å². The van der Waals surface area contributed by atoms with Crippen molar-refractivity contribution in [3.63, 3.8) is 0 Å². The number of hydrogen-bond acceptors (Lipinski definition) is 4. The fraction of sp³-hybridized carbons (Fsp3) is 0.538. The third-order valence-electron chi connectivity index (χ3n) is 6.51. The lowest BCUT2D eigenvalue weighted by Crippen LogP contribution is -2.39. The zero-order valence-corrected chi connectivity index (χ0v) is 21.3. The van der Waals surface area contributed by atoms with E-state index in [4.69, 9.17) is 0 Å². The molecule has 3 aromatic rings. The summed E-state index contributed by atoms with van der Waals surface area (Å²) in [5.74, 6) is -0.106. The number of rotatable bonds is 13. The molecule has 0 saturated carbocycles. The van der Waals surface area contributed by atoms with Crippen LogP contribution in [0.15, 0.2) is 40.2 Å². The zero-order chi connectivity index (χ0) is 27.0. The number of aryl methyl sites for hydroxylation is 2. The van der Waals surface area contributed by atoms with Gasteiger partial charge in [0, 0.05) is 33.6 Å². The number of nitrogens with zero attached hydrogens (tertiary/aromatic N) is 4. The Bertz CT molecular complexity index is 1310. The van der Waals surface area contributed by atoms with E-state index in [1.54, 1.807) is 18.7 Å². The second-order valence-corrected chi connectivity index (χ2v) is 9.38. The van der Waals surface area contributed by atoms with Gasteiger partial charge in [-0.3, -0.25) is 18.7 Å². The molecule has 11 heteroatoms. The molecular weight excluding hydrogens is 487 g/mol. The molecule has 8 nitrogen and oxygen atoms in total. The molecule has 0 spiro atoms. The second-order valence-electron chi connectivity index (χ2n) is 9.38. The van der Waals surface area contributed by atoms with Crippen molar-refractivity contribution in [2.24, 2.45) is 14.1 Å². The monoisotopic (exact) mass is 521 g/mol. The van der Waals surface area contributed by atoms with Gasteiger partial charge in [-0.05, 0) is 30.5 Å². The van der Waals surface area contributed by atoms with Gasteiger partial charge in [0.2, 0.25) is 5.91 Å². The summed E-state index contributed by atoms with van der Waals surface area (Å²) in [6.07, 6.45) is 5.06. The minimum atomic E-state index is -4.36. The predicted octanol–water partition coefficient (Wildman–Crippen LogP) is 4.28. The van der Waals surface area contributed by atoms with E-state index in [1.165, 1.54) is 27.6 Å². The van der Waals surface area contributed by atoms with E-state index >= 15 is 0 Å². The lowest BCUT2D eigenvalue weighted by atomic mass is 10.1. The third kappa shape index (κ3) is 7.56. The molecule has 37 heavy (non-hydrogen) atoms. The average Bonchev–Trinajstić information content (AvgIpc) is 3.25. The molecule has 0 aliphatic carbocycles. The molecule has 0 fully saturated rings. The summed E-state index contributed by atoms with van der Waals surface area (Å²) in [6.45, 7) is 0.597. The van der Waals surface area contributed by atoms with Crippen molar-refractivity contribution in [3.05, 3.63) is 62.6 Å². The van der Waals surface area contributed by atoms with Gasteiger partial charge in [0.25, 0.3) is 5.56 Å². The van der Waals surface area contributed by atoms with Crippen LogP contribution in [0, 0.1) is 0 Å². The number of carbonyl (C=O) groups excluding carboxylic acids is 1. The molecule has 2 aromatic heterocycles. The maximum atomic E-state index is 12.7. The highest BCUT2D eigenvalue weighted by Gasteiger charge is 2.29. The Morgan fingerprint density at radius 2 is 1.51 bits per heavy atom. The normalized spacial score (nSPS) is 11.8. The van der Waals surface area contributed by atoms with Gasteiger partial charge >= 0.3 is 11.9 Å². The minimum Gasteiger partial charge on any atom is -0.352 e. The van der Waals surface area contributed by atoms with Crippen molar-refractivity contribution >= 4 is 17.1 Å². The van der Waals surface area contributed by atoms with E-state index in [9.17, 15) is 27.6 Å². The number of amides is 1. The Hall–Kier alpha value is -3.37. The minimum absolute atomic E-state index is 0.106. The van der Waals surface area contributed by atoms with E-state index in [2.05, 4.69) is 10.3 Å². The fourth-order valence-electron chi connectivity index (χ4n) is 4.31. The van der Waals surface area contributed by atoms with Gasteiger partial charge in [-0.2, -0.15) is 13.2 Å². The molecular formula is C26H34F3N5O3. The first-order valence-electron chi connectivity index (χ1n) is 12.6. The second kappa shape index (κ2) is 12.7. The van der Waals surface area contributed by atoms with E-state index in [1.807, 2.05) is 0 Å². The Morgan fingerprint density at radius 3 is 2.14 bits per heavy atom. The SMILES string of the molecule is Cn1cnc2c1c(=O)n(CCCCCCCCCCC(=O)NCc1ccc(C(F)(F)F)cc1)c(=O)n2C. The van der Waals surface area contributed by atoms with Gasteiger partial charge < -0.3 is 9.88 Å². The van der Waals surface area contributed by atoms with Crippen LogP contribution in [0.25, 0.3) is 11.2 Å². The van der Waals surface area contributed by atoms with Crippen LogP contribution < -0.4 is 16.6 Å². The Labute approximate surface area is 213 Å². The van der Waals surface area contributed by atoms with Gasteiger partial charge in [-0.25, -0.2) is 9.78 Å². The quantitative estimate of drug-likeness (QED) is 0.340. The third-order valence-corrected chi connectivity index (χ3v) is 6.51. The van der Waals surface area contributed by atoms with Crippen molar-refractivity contribution in [1.82, 2.24) is 24.0 Å². The van der Waals surface area contributed by atoms with Crippen LogP contribution in [0.2, 0.25) is 0 Å². The molecule has 0 radical (unpaired) electrons. The predicted molar refractivity (Wildman–Crippen MR) is 135 cm³/mol. The van der Waals surface area contributed by atoms with Gasteiger partial charge in [0.05, 0.1) is 11.9 Å². The van der Waals surface area contributed by atoms with Gasteiger partial charge in [0.15, 0.2) is 11.2 Å². The number of benzene rings is 1. The average molecular weight is 522 g/mol. The molecule has 1 N–H and O–H groups in total. The lowest BCUT2D eigenvalue weighted by molar-refractivity contribution is -0.137. The molecule has 0 bridgehead atoms. The molecule has 1 aromatic carbocycles. The molecule has 0 unspecified atom stereocenters. The number of aromatic nitrogens is 4. The number of carbonyl (C=O) groups is 1. The first kappa shape index (κ1) is 28.2. The molecule has 1 amide bonds. The number of unbranched alkanes of at least 4 members (excludes halogenated alkanes) is 7. The number of halogens is 3. The Kier molecular flexibility index (Phi) is 9.71. The van der Waals surface area contributed by atoms with Crippen LogP contribution in [0.1, 0.15) is 68.9 Å². The number of hydrogen-bond donors (Lipinski definition) is 1. The van der Waals surface area contributed by atoms with Gasteiger partial charge in [-0.15, -0.1) is 0 Å². The van der Waals surface area contributed by atoms with E-state index in [0.717, 1.165) is 63.5 Å². The summed E-state index contributed by atoms with van der Waals surface area (Å²) in [5.41, 5.74) is 0.0949. The van der Waals surface area contributed by atoms with Crippen LogP contribution in [0.5, 0.6) is 0 Å². The first-order valence-corrected chi connectivity index (χ1v) is 12.6. The van der Waals surface area contributed by atoms with E-state index in [0.29, 0.717) is 29.7 Å². The van der Waals surface area contributed by atoms with Crippen molar-refractivity contribution < 1.29 is 18.0 Å². The summed E-state index contributed by atoms with van der Waals surface area (Å²) >= 11 is 0. The van der Waals surface area contributed by atoms with Gasteiger partial charge in [-0.1, -0.05) is 50.7 Å². The summed E-state index contributed by atoms with van der Waals surface area (Å²) in [5, 5.41) is 2.75. The molecule has 0 aliphatic rings. The standard InChI is InChI=1S/C26H34F3N5O3/c1-32-18-31-23-22(32)24(36)34(25(37)33(23)2)16-10-8-6-4-3-5-7-9-11-21(35)30-17-19-12-14-20(15-13-19)26(27,28)29/h12-15,18H,3-11,16-17H2,1-2H3,(H,30,35). The summed E-state index contributed by atoms with van der Waals surface area (Å²) < 4.78 is 42.1. The molecule has 3 rings (SSSR count). The Morgan fingerprint density at radius 1 is 0.919 bits per heavy atom. The van der Waals surface area contributed by atoms with Crippen molar-refractivity contribution in [2.75, 3.05) is 0 Å². The highest BCUT2D eigenvalue weighted by atomic mass is 19.4. The van der Waals surface area contributed by atoms with Crippen LogP contribution in [0.3, 0.4) is 0 Å². The van der Waals surface area contributed by atoms with Crippen molar-refractivity contribution in [3.8, 4) is 0 Å². The Balaban J connectivity index is 1.24. The van der Waals surface area contributed by atoms with Crippen LogP contribution in [0.4, 0.5) is 13.2 Å². The van der Waals surface area contributed by atoms with Crippen molar-refractivity contribution in [1.29, 1.82) is 0 Å². The lowest BCUT2D eigenvalue weighted by Gasteiger charge is -2.09. The summed E-state index contributed by atoms with van der Waals surface area (Å²) in [6, 6.07) is 4.79. The maximum absolute atomic E-state index is 12.7. The maximum Gasteiger partial charge on any atom is 0.416 e. The number of fused-ring (bicyclic) bond motifs is 1. The molecule has 202 valence electrons. The number of imidazole rings is 1. The summed E-state index contributed by atoms with van der Waals surface area (Å²) in [7, 11) is 3.36. The fourth-order valence-corrected chi connectivity index (χ4v) is 4.31. The van der Waals surface area contributed by atoms with E-state index in [-0.39, 0.29) is 23.7 Å². The summed E-state index contributed by atoms with van der Waals surface area (Å²) in [4.78, 5) is 41.3. The smallest absolute Gasteiger partial charge is 0.352 e. The number of nitrogens with one attached hydrogen (secondary N) is 1. The molecule has 0 saturated heterocycles. The molecule has 0 aliphatic heterocycles. The zero-order valence-electron chi connectivity index (χ0n) is 21.3. The molecule has 2 heterocycles. The van der Waals surface area contributed by atoms with Crippen molar-refractivity contribution in [2.45, 2.75) is 77.1 Å².